The van der Waals surface area contributed by atoms with Gasteiger partial charge in [0, 0.05) is 7.11 Å². The number of nitrogens with zero attached hydrogens (tertiary/aromatic N) is 4. The van der Waals surface area contributed by atoms with Gasteiger partial charge in [-0.1, -0.05) is 20.8 Å². The van der Waals surface area contributed by atoms with Crippen LogP contribution in [0, 0.1) is 0 Å². The van der Waals surface area contributed by atoms with E-state index in [1.165, 1.54) is 6.33 Å². The molecule has 0 amide bonds. The highest BCUT2D eigenvalue weighted by molar-refractivity contribution is 6.74. The standard InChI is InChI=1S/C17H27N5O4Si/c1-17(2,3)27(5,6)26-12-10(7-23)25-16(13(12)24-4)22-9-21-11-14(18)19-8-20-15(11)22/h7-10,12-13,16H,1-6H3,(H2,18,19,20)/t10-,12-,13-,16-/m1/s1. The van der Waals surface area contributed by atoms with Crippen molar-refractivity contribution in [2.24, 2.45) is 0 Å². The van der Waals surface area contributed by atoms with Gasteiger partial charge in [0.2, 0.25) is 0 Å². The topological polar surface area (TPSA) is 114 Å². The van der Waals surface area contributed by atoms with Crippen molar-refractivity contribution in [1.29, 1.82) is 0 Å². The maximum atomic E-state index is 11.7. The second kappa shape index (κ2) is 6.93. The summed E-state index contributed by atoms with van der Waals surface area (Å²) in [6, 6.07) is 0. The summed E-state index contributed by atoms with van der Waals surface area (Å²) in [4.78, 5) is 24.2. The summed E-state index contributed by atoms with van der Waals surface area (Å²) in [5.74, 6) is 0.284. The van der Waals surface area contributed by atoms with Gasteiger partial charge in [0.1, 0.15) is 30.2 Å². The number of fused-ring (bicyclic) bond motifs is 1. The predicted octanol–water partition coefficient (Wildman–Crippen LogP) is 1.91. The number of carbonyl (C=O) groups excluding carboxylic acids is 1. The summed E-state index contributed by atoms with van der Waals surface area (Å²) in [5, 5.41) is -0.0137. The molecule has 1 saturated heterocycles. The molecule has 10 heteroatoms. The zero-order valence-corrected chi connectivity index (χ0v) is 17.5. The largest absolute Gasteiger partial charge is 0.408 e. The number of ether oxygens (including phenoxy) is 2. The van der Waals surface area contributed by atoms with E-state index in [9.17, 15) is 4.79 Å². The minimum absolute atomic E-state index is 0.0137. The minimum atomic E-state index is -2.15. The van der Waals surface area contributed by atoms with Gasteiger partial charge in [-0.15, -0.1) is 0 Å². The maximum Gasteiger partial charge on any atom is 0.192 e. The number of aromatic nitrogens is 4. The van der Waals surface area contributed by atoms with Crippen LogP contribution in [0.15, 0.2) is 12.7 Å². The van der Waals surface area contributed by atoms with E-state index in [-0.39, 0.29) is 10.9 Å². The average molecular weight is 394 g/mol. The van der Waals surface area contributed by atoms with Crippen LogP contribution in [-0.2, 0) is 18.7 Å². The van der Waals surface area contributed by atoms with Gasteiger partial charge < -0.3 is 24.4 Å². The van der Waals surface area contributed by atoms with E-state index >= 15 is 0 Å². The van der Waals surface area contributed by atoms with E-state index in [1.54, 1.807) is 18.0 Å². The van der Waals surface area contributed by atoms with Crippen LogP contribution in [0.25, 0.3) is 11.2 Å². The van der Waals surface area contributed by atoms with Crippen LogP contribution < -0.4 is 5.73 Å². The first-order chi connectivity index (χ1) is 12.6. The van der Waals surface area contributed by atoms with Crippen LogP contribution in [0.1, 0.15) is 27.0 Å². The summed E-state index contributed by atoms with van der Waals surface area (Å²) < 4.78 is 19.9. The summed E-state index contributed by atoms with van der Waals surface area (Å²) in [6.45, 7) is 10.7. The monoisotopic (exact) mass is 393 g/mol. The lowest BCUT2D eigenvalue weighted by Gasteiger charge is -2.39. The van der Waals surface area contributed by atoms with E-state index in [1.807, 2.05) is 0 Å². The number of imidazole rings is 1. The molecule has 1 fully saturated rings. The number of nitrogen functional groups attached to an aromatic ring is 1. The molecule has 0 unspecified atom stereocenters. The van der Waals surface area contributed by atoms with Crippen LogP contribution in [0.2, 0.25) is 18.1 Å². The van der Waals surface area contributed by atoms with E-state index in [4.69, 9.17) is 19.6 Å². The van der Waals surface area contributed by atoms with Crippen molar-refractivity contribution in [2.75, 3.05) is 12.8 Å². The lowest BCUT2D eigenvalue weighted by atomic mass is 10.1. The molecule has 0 radical (unpaired) electrons. The first kappa shape index (κ1) is 19.9. The molecule has 1 aliphatic rings. The lowest BCUT2D eigenvalue weighted by Crippen LogP contribution is -2.49. The minimum Gasteiger partial charge on any atom is -0.408 e. The molecule has 2 N–H and O–H groups in total. The Morgan fingerprint density at radius 2 is 1.96 bits per heavy atom. The van der Waals surface area contributed by atoms with E-state index in [0.29, 0.717) is 11.2 Å². The predicted molar refractivity (Wildman–Crippen MR) is 103 cm³/mol. The van der Waals surface area contributed by atoms with Crippen molar-refractivity contribution < 1.29 is 18.7 Å². The number of hydrogen-bond donors (Lipinski definition) is 1. The summed E-state index contributed by atoms with van der Waals surface area (Å²) >= 11 is 0. The zero-order chi connectivity index (χ0) is 20.0. The van der Waals surface area contributed by atoms with Gasteiger partial charge in [0.15, 0.2) is 32.3 Å². The number of carbonyl (C=O) groups is 1. The van der Waals surface area contributed by atoms with Crippen LogP contribution in [0.5, 0.6) is 0 Å². The SMILES string of the molecule is CO[C@@H]1[C@H](O[Si](C)(C)C(C)(C)C)[C@@H](C=O)O[C@H]1n1cnc2c(N)ncnc21. The van der Waals surface area contributed by atoms with Crippen molar-refractivity contribution in [3.63, 3.8) is 0 Å². The third-order valence-electron chi connectivity index (χ3n) is 5.53. The molecule has 27 heavy (non-hydrogen) atoms. The number of nitrogens with two attached hydrogens (primary N) is 1. The molecule has 3 heterocycles. The number of rotatable bonds is 5. The molecular weight excluding hydrogens is 366 g/mol. The Labute approximate surface area is 159 Å². The number of hydrogen-bond acceptors (Lipinski definition) is 8. The maximum absolute atomic E-state index is 11.7. The third kappa shape index (κ3) is 3.38. The third-order valence-corrected chi connectivity index (χ3v) is 10.0. The second-order valence-electron chi connectivity index (χ2n) is 8.25. The number of methoxy groups -OCH3 is 1. The zero-order valence-electron chi connectivity index (χ0n) is 16.5. The van der Waals surface area contributed by atoms with Crippen molar-refractivity contribution in [1.82, 2.24) is 19.5 Å². The Hall–Kier alpha value is -1.88. The molecule has 2 aromatic rings. The summed E-state index contributed by atoms with van der Waals surface area (Å²) in [7, 11) is -0.570. The molecule has 0 bridgehead atoms. The van der Waals surface area contributed by atoms with Gasteiger partial charge in [0.05, 0.1) is 6.33 Å². The second-order valence-corrected chi connectivity index (χ2v) is 13.0. The molecular formula is C17H27N5O4Si. The fourth-order valence-electron chi connectivity index (χ4n) is 2.96. The first-order valence-corrected chi connectivity index (χ1v) is 11.8. The molecule has 0 aromatic carbocycles. The van der Waals surface area contributed by atoms with Gasteiger partial charge in [-0.2, -0.15) is 0 Å². The normalized spacial score (nSPS) is 26.6. The van der Waals surface area contributed by atoms with Gasteiger partial charge >= 0.3 is 0 Å². The fraction of sp³-hybridized carbons (Fsp3) is 0.647. The lowest BCUT2D eigenvalue weighted by molar-refractivity contribution is -0.122. The van der Waals surface area contributed by atoms with Crippen molar-refractivity contribution in [2.45, 2.75) is 63.4 Å². The van der Waals surface area contributed by atoms with Crippen molar-refractivity contribution in [3.8, 4) is 0 Å². The van der Waals surface area contributed by atoms with Crippen molar-refractivity contribution >= 4 is 31.6 Å². The Morgan fingerprint density at radius 3 is 2.56 bits per heavy atom. The summed E-state index contributed by atoms with van der Waals surface area (Å²) in [5.41, 5.74) is 6.87. The quantitative estimate of drug-likeness (QED) is 0.605. The molecule has 2 aromatic heterocycles. The smallest absolute Gasteiger partial charge is 0.192 e. The van der Waals surface area contributed by atoms with Crippen LogP contribution in [0.4, 0.5) is 5.82 Å². The Balaban J connectivity index is 1.98. The summed E-state index contributed by atoms with van der Waals surface area (Å²) in [6.07, 6.45) is 1.34. The molecule has 0 aliphatic carbocycles. The molecule has 0 saturated carbocycles. The fourth-order valence-corrected chi connectivity index (χ4v) is 4.26. The molecule has 4 atom stereocenters. The first-order valence-electron chi connectivity index (χ1n) is 8.85. The van der Waals surface area contributed by atoms with Crippen molar-refractivity contribution in [3.05, 3.63) is 12.7 Å². The number of aldehydes is 1. The van der Waals surface area contributed by atoms with E-state index in [2.05, 4.69) is 48.8 Å². The Bertz CT molecular complexity index is 834. The highest BCUT2D eigenvalue weighted by atomic mass is 28.4. The van der Waals surface area contributed by atoms with Gasteiger partial charge in [-0.3, -0.25) is 4.57 Å². The number of anilines is 1. The molecule has 0 spiro atoms. The highest BCUT2D eigenvalue weighted by Crippen LogP contribution is 2.42. The van der Waals surface area contributed by atoms with Crippen LogP contribution in [0.3, 0.4) is 0 Å². The van der Waals surface area contributed by atoms with E-state index < -0.39 is 32.9 Å². The van der Waals surface area contributed by atoms with Gasteiger partial charge in [0.25, 0.3) is 0 Å². The Kier molecular flexibility index (Phi) is 5.10. The molecule has 1 aliphatic heterocycles. The van der Waals surface area contributed by atoms with Gasteiger partial charge in [-0.05, 0) is 18.1 Å². The van der Waals surface area contributed by atoms with Crippen LogP contribution >= 0.6 is 0 Å². The molecule has 148 valence electrons. The molecule has 3 rings (SSSR count). The van der Waals surface area contributed by atoms with Crippen LogP contribution in [-0.4, -0.2) is 59.5 Å². The average Bonchev–Trinajstić information content (AvgIpc) is 3.15. The highest BCUT2D eigenvalue weighted by Gasteiger charge is 2.51. The van der Waals surface area contributed by atoms with E-state index in [0.717, 1.165) is 6.29 Å². The molecule has 9 nitrogen and oxygen atoms in total. The Morgan fingerprint density at radius 1 is 1.26 bits per heavy atom. The van der Waals surface area contributed by atoms with Gasteiger partial charge in [-0.25, -0.2) is 15.0 Å².